The maximum Gasteiger partial charge on any atom is 0.526 e. The summed E-state index contributed by atoms with van der Waals surface area (Å²) in [6.45, 7) is 0.204. The van der Waals surface area contributed by atoms with E-state index in [9.17, 15) is 24.5 Å². The van der Waals surface area contributed by atoms with Crippen molar-refractivity contribution < 1.29 is 33.9 Å². The third-order valence-corrected chi connectivity index (χ3v) is 6.07. The number of rotatable bonds is 8. The minimum Gasteiger partial charge on any atom is -0.535 e. The number of fused-ring (bicyclic) bond motifs is 1. The molecule has 30 heavy (non-hydrogen) atoms. The van der Waals surface area contributed by atoms with E-state index in [1.165, 1.54) is 13.2 Å². The van der Waals surface area contributed by atoms with Crippen LogP contribution in [-0.2, 0) is 20.7 Å². The predicted molar refractivity (Wildman–Crippen MR) is 109 cm³/mol. The summed E-state index contributed by atoms with van der Waals surface area (Å²) in [5.41, 5.74) is 0.726. The van der Waals surface area contributed by atoms with Crippen molar-refractivity contribution >= 4 is 24.8 Å². The number of ether oxygens (including phenoxy) is 1. The topological polar surface area (TPSA) is 122 Å². The summed E-state index contributed by atoms with van der Waals surface area (Å²) in [5, 5.41) is 22.8. The predicted octanol–water partition coefficient (Wildman–Crippen LogP) is 1.84. The van der Waals surface area contributed by atoms with Crippen molar-refractivity contribution in [1.82, 2.24) is 5.32 Å². The fourth-order valence-electron chi connectivity index (χ4n) is 4.39. The maximum atomic E-state index is 12.6. The van der Waals surface area contributed by atoms with Gasteiger partial charge < -0.3 is 24.8 Å². The van der Waals surface area contributed by atoms with Crippen LogP contribution in [0.5, 0.6) is 5.75 Å². The van der Waals surface area contributed by atoms with Gasteiger partial charge >= 0.3 is 19.1 Å². The van der Waals surface area contributed by atoms with Gasteiger partial charge in [0.1, 0.15) is 11.5 Å². The van der Waals surface area contributed by atoms with E-state index in [0.717, 1.165) is 25.7 Å². The molecule has 0 radical (unpaired) electrons. The van der Waals surface area contributed by atoms with Crippen molar-refractivity contribution in [3.05, 3.63) is 29.3 Å². The van der Waals surface area contributed by atoms with Crippen LogP contribution < -0.4 is 9.97 Å². The lowest BCUT2D eigenvalue weighted by Gasteiger charge is -2.30. The number of nitrogens with one attached hydrogen (secondary N) is 1. The minimum atomic E-state index is -1.19. The number of carboxylic acids is 1. The van der Waals surface area contributed by atoms with Crippen LogP contribution in [0, 0.1) is 5.92 Å². The van der Waals surface area contributed by atoms with Gasteiger partial charge in [0.2, 0.25) is 0 Å². The smallest absolute Gasteiger partial charge is 0.526 e. The van der Waals surface area contributed by atoms with E-state index in [0.29, 0.717) is 24.3 Å². The molecular weight excluding hydrogens is 389 g/mol. The van der Waals surface area contributed by atoms with E-state index < -0.39 is 13.1 Å². The number of methoxy groups -OCH3 is 1. The summed E-state index contributed by atoms with van der Waals surface area (Å²) in [4.78, 5) is 35.2. The first-order valence-corrected chi connectivity index (χ1v) is 10.4. The van der Waals surface area contributed by atoms with E-state index >= 15 is 0 Å². The lowest BCUT2D eigenvalue weighted by atomic mass is 9.64. The molecule has 9 heteroatoms. The average Bonchev–Trinajstić information content (AvgIpc) is 2.73. The van der Waals surface area contributed by atoms with Crippen LogP contribution in [0.3, 0.4) is 0 Å². The number of benzene rings is 1. The first-order chi connectivity index (χ1) is 14.4. The number of hydrogen-bond donors (Lipinski definition) is 3. The van der Waals surface area contributed by atoms with Crippen molar-refractivity contribution in [3.63, 3.8) is 0 Å². The SMILES string of the molecule is COC(=O)CNC1CCC(CC(=O)C[C@H]2Cc3cccc(C(=O)O)c3OB2O)CC1. The normalized spacial score (nSPS) is 23.3. The highest BCUT2D eigenvalue weighted by Gasteiger charge is 2.38. The molecule has 3 N–H and O–H groups in total. The van der Waals surface area contributed by atoms with Crippen LogP contribution in [-0.4, -0.2) is 54.7 Å². The maximum absolute atomic E-state index is 12.6. The molecule has 3 rings (SSSR count). The van der Waals surface area contributed by atoms with Crippen LogP contribution in [0.4, 0.5) is 0 Å². The van der Waals surface area contributed by atoms with E-state index in [1.54, 1.807) is 12.1 Å². The fourth-order valence-corrected chi connectivity index (χ4v) is 4.39. The second kappa shape index (κ2) is 10.1. The Balaban J connectivity index is 1.47. The van der Waals surface area contributed by atoms with E-state index in [2.05, 4.69) is 10.1 Å². The second-order valence-corrected chi connectivity index (χ2v) is 8.19. The number of Topliss-reactive ketones (excluding diaryl/α,β-unsaturated/α-hetero) is 1. The quantitative estimate of drug-likeness (QED) is 0.433. The number of hydrogen-bond acceptors (Lipinski definition) is 7. The molecule has 1 aromatic carbocycles. The Morgan fingerprint density at radius 1 is 1.20 bits per heavy atom. The van der Waals surface area contributed by atoms with Gasteiger partial charge in [0.05, 0.1) is 19.2 Å². The van der Waals surface area contributed by atoms with Gasteiger partial charge in [0, 0.05) is 24.7 Å². The molecule has 0 saturated heterocycles. The lowest BCUT2D eigenvalue weighted by Crippen LogP contribution is -2.37. The zero-order valence-electron chi connectivity index (χ0n) is 17.1. The van der Waals surface area contributed by atoms with Gasteiger partial charge in [-0.1, -0.05) is 12.1 Å². The first-order valence-electron chi connectivity index (χ1n) is 10.4. The molecular formula is C21H28BNO7. The van der Waals surface area contributed by atoms with Gasteiger partial charge in [-0.25, -0.2) is 4.79 Å². The molecule has 0 spiro atoms. The van der Waals surface area contributed by atoms with Crippen molar-refractivity contribution in [2.45, 2.75) is 56.8 Å². The Labute approximate surface area is 176 Å². The number of aromatic carboxylic acids is 1. The minimum absolute atomic E-state index is 0.0221. The average molecular weight is 417 g/mol. The van der Waals surface area contributed by atoms with Crippen LogP contribution in [0.15, 0.2) is 18.2 Å². The summed E-state index contributed by atoms with van der Waals surface area (Å²) in [6.07, 6.45) is 4.74. The monoisotopic (exact) mass is 417 g/mol. The Morgan fingerprint density at radius 2 is 1.93 bits per heavy atom. The summed E-state index contributed by atoms with van der Waals surface area (Å²) in [7, 11) is 0.171. The number of ketones is 1. The zero-order valence-corrected chi connectivity index (χ0v) is 17.1. The molecule has 0 aromatic heterocycles. The van der Waals surface area contributed by atoms with Gasteiger partial charge in [0.15, 0.2) is 0 Å². The van der Waals surface area contributed by atoms with Crippen LogP contribution in [0.2, 0.25) is 5.82 Å². The van der Waals surface area contributed by atoms with Crippen molar-refractivity contribution in [2.24, 2.45) is 5.92 Å². The molecule has 1 aromatic rings. The van der Waals surface area contributed by atoms with Crippen molar-refractivity contribution in [1.29, 1.82) is 0 Å². The molecule has 2 aliphatic rings. The molecule has 0 unspecified atom stereocenters. The molecule has 1 fully saturated rings. The third kappa shape index (κ3) is 5.61. The van der Waals surface area contributed by atoms with Gasteiger partial charge in [-0.15, -0.1) is 0 Å². The summed E-state index contributed by atoms with van der Waals surface area (Å²) >= 11 is 0. The summed E-state index contributed by atoms with van der Waals surface area (Å²) in [5.74, 6) is -1.18. The highest BCUT2D eigenvalue weighted by atomic mass is 16.5. The highest BCUT2D eigenvalue weighted by Crippen LogP contribution is 2.37. The van der Waals surface area contributed by atoms with Crippen molar-refractivity contribution in [2.75, 3.05) is 13.7 Å². The molecule has 1 aliphatic heterocycles. The summed E-state index contributed by atoms with van der Waals surface area (Å²) in [6, 6.07) is 5.13. The van der Waals surface area contributed by atoms with Crippen molar-refractivity contribution in [3.8, 4) is 5.75 Å². The molecule has 1 saturated carbocycles. The number of carbonyl (C=O) groups excluding carboxylic acids is 2. The number of carboxylic acid groups (broad SMARTS) is 1. The van der Waals surface area contributed by atoms with E-state index in [1.807, 2.05) is 0 Å². The Hall–Kier alpha value is -2.39. The molecule has 0 bridgehead atoms. The molecule has 8 nitrogen and oxygen atoms in total. The molecule has 1 atom stereocenters. The Bertz CT molecular complexity index is 792. The fraction of sp³-hybridized carbons (Fsp3) is 0.571. The third-order valence-electron chi connectivity index (χ3n) is 6.07. The Kier molecular flexibility index (Phi) is 7.50. The molecule has 1 aliphatic carbocycles. The van der Waals surface area contributed by atoms with Crippen LogP contribution in [0.1, 0.15) is 54.4 Å². The highest BCUT2D eigenvalue weighted by molar-refractivity contribution is 6.47. The van der Waals surface area contributed by atoms with Crippen LogP contribution >= 0.6 is 0 Å². The van der Waals surface area contributed by atoms with E-state index in [4.69, 9.17) is 4.65 Å². The largest absolute Gasteiger partial charge is 0.535 e. The first kappa shape index (κ1) is 22.3. The second-order valence-electron chi connectivity index (χ2n) is 8.19. The number of carbonyl (C=O) groups is 3. The summed E-state index contributed by atoms with van der Waals surface area (Å²) < 4.78 is 10.1. The van der Waals surface area contributed by atoms with E-state index in [-0.39, 0.29) is 47.9 Å². The Morgan fingerprint density at radius 3 is 2.60 bits per heavy atom. The molecule has 162 valence electrons. The van der Waals surface area contributed by atoms with Gasteiger partial charge in [-0.2, -0.15) is 0 Å². The number of para-hydroxylation sites is 1. The lowest BCUT2D eigenvalue weighted by molar-refractivity contribution is -0.139. The van der Waals surface area contributed by atoms with Gasteiger partial charge in [0.25, 0.3) is 0 Å². The van der Waals surface area contributed by atoms with Crippen LogP contribution in [0.25, 0.3) is 0 Å². The zero-order chi connectivity index (χ0) is 21.7. The molecule has 0 amide bonds. The molecule has 1 heterocycles. The standard InChI is InChI=1S/C21H28BNO7/c1-29-19(25)12-23-16-7-5-13(6-8-16)9-17(24)11-15-10-14-3-2-4-18(21(26)27)20(14)30-22(15)28/h2-4,13,15-16,23,28H,5-12H2,1H3,(H,26,27)/t13?,15-,16?/m1/s1. The van der Waals surface area contributed by atoms with Gasteiger partial charge in [-0.3, -0.25) is 9.59 Å². The van der Waals surface area contributed by atoms with Gasteiger partial charge in [-0.05, 0) is 49.7 Å². The number of esters is 1.